The zero-order valence-corrected chi connectivity index (χ0v) is 21.9. The number of alkyl halides is 5. The lowest BCUT2D eigenvalue weighted by Gasteiger charge is -2.20. The molecule has 2 amide bonds. The van der Waals surface area contributed by atoms with Crippen molar-refractivity contribution in [3.05, 3.63) is 47.7 Å². The number of aromatic nitrogens is 2. The van der Waals surface area contributed by atoms with Gasteiger partial charge in [0, 0.05) is 17.0 Å². The van der Waals surface area contributed by atoms with Gasteiger partial charge in [-0.3, -0.25) is 19.5 Å². The number of hydrogen-bond donors (Lipinski definition) is 6. The van der Waals surface area contributed by atoms with Crippen molar-refractivity contribution in [2.75, 3.05) is 25.0 Å². The van der Waals surface area contributed by atoms with Crippen LogP contribution in [0.1, 0.15) is 28.4 Å². The average molecular weight is 614 g/mol. The van der Waals surface area contributed by atoms with Gasteiger partial charge in [0.15, 0.2) is 5.96 Å². The topological polar surface area (TPSA) is 179 Å². The molecule has 230 valence electrons. The van der Waals surface area contributed by atoms with Crippen molar-refractivity contribution in [1.29, 1.82) is 0 Å². The predicted molar refractivity (Wildman–Crippen MR) is 140 cm³/mol. The van der Waals surface area contributed by atoms with E-state index in [1.54, 1.807) is 0 Å². The smallest absolute Gasteiger partial charge is 0.387 e. The van der Waals surface area contributed by atoms with Gasteiger partial charge >= 0.3 is 19.2 Å². The zero-order valence-electron chi connectivity index (χ0n) is 21.9. The highest BCUT2D eigenvalue weighted by Gasteiger charge is 2.23. The number of carbonyl (C=O) groups excluding carboxylic acids is 2. The summed E-state index contributed by atoms with van der Waals surface area (Å²) in [6, 6.07) is 4.11. The normalized spacial score (nSPS) is 15.4. The van der Waals surface area contributed by atoms with Crippen LogP contribution in [0.5, 0.6) is 11.5 Å². The number of anilines is 1. The third-order valence-electron chi connectivity index (χ3n) is 5.89. The van der Waals surface area contributed by atoms with E-state index in [1.165, 1.54) is 18.3 Å². The van der Waals surface area contributed by atoms with E-state index in [2.05, 4.69) is 45.9 Å². The summed E-state index contributed by atoms with van der Waals surface area (Å²) < 4.78 is 72.9. The second-order valence-corrected chi connectivity index (χ2v) is 9.04. The fourth-order valence-electron chi connectivity index (χ4n) is 4.09. The Morgan fingerprint density at radius 3 is 2.35 bits per heavy atom. The molecule has 1 aliphatic heterocycles. The Balaban J connectivity index is 1.47. The molecule has 1 aliphatic rings. The van der Waals surface area contributed by atoms with Gasteiger partial charge in [-0.15, -0.1) is 0 Å². The molecule has 0 aliphatic carbocycles. The van der Waals surface area contributed by atoms with Crippen molar-refractivity contribution >= 4 is 40.3 Å². The second-order valence-electron chi connectivity index (χ2n) is 9.04. The zero-order chi connectivity index (χ0) is 31.1. The Morgan fingerprint density at radius 1 is 1.05 bits per heavy atom. The number of guanidine groups is 1. The number of H-pyrrole nitrogens is 1. The van der Waals surface area contributed by atoms with Gasteiger partial charge in [0.05, 0.1) is 49.5 Å². The molecule has 0 saturated carbocycles. The van der Waals surface area contributed by atoms with Crippen LogP contribution in [0.3, 0.4) is 0 Å². The summed E-state index contributed by atoms with van der Waals surface area (Å²) in [4.78, 5) is 41.1. The predicted octanol–water partition coefficient (Wildman–Crippen LogP) is 2.54. The van der Waals surface area contributed by atoms with Crippen molar-refractivity contribution in [2.24, 2.45) is 4.99 Å². The standard InChI is InChI=1S/C25H24F5N7O6/c26-13-7-32-25(33-8-13)36-18-3-12(4-19-16(18)9-34-37-19)22(41)31-10-20(38)35-17(6-21(39)40)11-1-14(42-23(27)28)5-15(2-11)43-24(29)30/h1-5,9,13,17,23-24H,6-8,10H2,(H,31,41)(H,34,37)(H,35,38)(H,39,40)(H2,32,33,36). The first-order valence-electron chi connectivity index (χ1n) is 12.5. The van der Waals surface area contributed by atoms with Crippen LogP contribution in [0.15, 0.2) is 41.5 Å². The number of aromatic amines is 1. The number of aliphatic carboxylic acids is 1. The lowest BCUT2D eigenvalue weighted by molar-refractivity contribution is -0.137. The van der Waals surface area contributed by atoms with Gasteiger partial charge in [-0.2, -0.15) is 22.7 Å². The molecule has 0 spiro atoms. The van der Waals surface area contributed by atoms with E-state index in [9.17, 15) is 41.4 Å². The van der Waals surface area contributed by atoms with E-state index >= 15 is 0 Å². The van der Waals surface area contributed by atoms with Crippen LogP contribution in [-0.2, 0) is 9.59 Å². The van der Waals surface area contributed by atoms with E-state index in [-0.39, 0.29) is 30.2 Å². The van der Waals surface area contributed by atoms with Crippen LogP contribution in [0, 0.1) is 0 Å². The number of ether oxygens (including phenoxy) is 2. The SMILES string of the molecule is O=C(O)CC(NC(=O)CNC(=O)c1cc(NC2=NCC(F)CN2)c2cn[nH]c2c1)c1cc(OC(F)F)cc(OC(F)F)c1. The summed E-state index contributed by atoms with van der Waals surface area (Å²) in [7, 11) is 0. The molecule has 2 unspecified atom stereocenters. The van der Waals surface area contributed by atoms with Crippen molar-refractivity contribution in [2.45, 2.75) is 31.9 Å². The number of carboxylic acid groups (broad SMARTS) is 1. The van der Waals surface area contributed by atoms with Crippen LogP contribution < -0.4 is 30.7 Å². The summed E-state index contributed by atoms with van der Waals surface area (Å²) in [5.41, 5.74) is 0.751. The van der Waals surface area contributed by atoms with Crippen LogP contribution in [-0.4, -0.2) is 78.1 Å². The lowest BCUT2D eigenvalue weighted by atomic mass is 10.0. The van der Waals surface area contributed by atoms with E-state index in [0.717, 1.165) is 18.2 Å². The van der Waals surface area contributed by atoms with Crippen molar-refractivity contribution < 1.29 is 50.9 Å². The number of carbonyl (C=O) groups is 3. The second kappa shape index (κ2) is 13.7. The average Bonchev–Trinajstić information content (AvgIpc) is 3.41. The summed E-state index contributed by atoms with van der Waals surface area (Å²) in [6.45, 7) is -7.32. The van der Waals surface area contributed by atoms with Crippen molar-refractivity contribution in [1.82, 2.24) is 26.1 Å². The van der Waals surface area contributed by atoms with E-state index < -0.39 is 67.7 Å². The Morgan fingerprint density at radius 2 is 1.74 bits per heavy atom. The molecule has 13 nitrogen and oxygen atoms in total. The maximum Gasteiger partial charge on any atom is 0.387 e. The van der Waals surface area contributed by atoms with Gasteiger partial charge in [-0.1, -0.05) is 0 Å². The van der Waals surface area contributed by atoms with Crippen molar-refractivity contribution in [3.63, 3.8) is 0 Å². The third-order valence-corrected chi connectivity index (χ3v) is 5.89. The van der Waals surface area contributed by atoms with Crippen LogP contribution in [0.4, 0.5) is 27.6 Å². The highest BCUT2D eigenvalue weighted by molar-refractivity contribution is 6.07. The Hall–Kier alpha value is -5.16. The minimum absolute atomic E-state index is 0.0443. The highest BCUT2D eigenvalue weighted by Crippen LogP contribution is 2.30. The van der Waals surface area contributed by atoms with Gasteiger partial charge in [0.1, 0.15) is 17.7 Å². The van der Waals surface area contributed by atoms with Crippen molar-refractivity contribution in [3.8, 4) is 11.5 Å². The minimum atomic E-state index is -3.33. The Kier molecular flexibility index (Phi) is 9.79. The monoisotopic (exact) mass is 613 g/mol. The number of halogens is 5. The number of benzene rings is 2. The van der Waals surface area contributed by atoms with Crippen LogP contribution >= 0.6 is 0 Å². The molecule has 2 aromatic carbocycles. The molecule has 18 heteroatoms. The first kappa shape index (κ1) is 30.8. The number of fused-ring (bicyclic) bond motifs is 1. The molecule has 0 radical (unpaired) electrons. The number of carboxylic acids is 1. The van der Waals surface area contributed by atoms with Gasteiger partial charge in [0.2, 0.25) is 5.91 Å². The number of aliphatic imine (C=N–C) groups is 1. The Bertz CT molecular complexity index is 1490. The highest BCUT2D eigenvalue weighted by atomic mass is 19.3. The molecule has 0 fully saturated rings. The number of rotatable bonds is 12. The quantitative estimate of drug-likeness (QED) is 0.168. The number of hydrogen-bond acceptors (Lipinski definition) is 9. The van der Waals surface area contributed by atoms with Gasteiger partial charge < -0.3 is 35.8 Å². The van der Waals surface area contributed by atoms with Gasteiger partial charge in [-0.05, 0) is 29.8 Å². The number of nitrogens with one attached hydrogen (secondary N) is 5. The van der Waals surface area contributed by atoms with Crippen LogP contribution in [0.25, 0.3) is 10.9 Å². The number of amides is 2. The summed E-state index contributed by atoms with van der Waals surface area (Å²) in [5, 5.41) is 27.0. The molecule has 4 rings (SSSR count). The fraction of sp³-hybridized carbons (Fsp3) is 0.320. The first-order valence-corrected chi connectivity index (χ1v) is 12.5. The minimum Gasteiger partial charge on any atom is -0.481 e. The van der Waals surface area contributed by atoms with E-state index in [4.69, 9.17) is 0 Å². The number of nitrogens with zero attached hydrogens (tertiary/aromatic N) is 2. The molecule has 0 bridgehead atoms. The van der Waals surface area contributed by atoms with Gasteiger partial charge in [-0.25, -0.2) is 9.38 Å². The van der Waals surface area contributed by atoms with E-state index in [1.807, 2.05) is 0 Å². The molecular formula is C25H24F5N7O6. The summed E-state index contributed by atoms with van der Waals surface area (Å²) in [5.74, 6) is -3.97. The molecule has 6 N–H and O–H groups in total. The molecule has 43 heavy (non-hydrogen) atoms. The molecule has 0 saturated heterocycles. The molecule has 1 aromatic heterocycles. The molecular weight excluding hydrogens is 589 g/mol. The van der Waals surface area contributed by atoms with Crippen LogP contribution in [0.2, 0.25) is 0 Å². The molecule has 2 atom stereocenters. The van der Waals surface area contributed by atoms with E-state index in [0.29, 0.717) is 16.6 Å². The molecule has 3 aromatic rings. The Labute approximate surface area is 238 Å². The summed E-state index contributed by atoms with van der Waals surface area (Å²) in [6.07, 6.45) is -0.422. The first-order chi connectivity index (χ1) is 20.5. The summed E-state index contributed by atoms with van der Waals surface area (Å²) >= 11 is 0. The lowest BCUT2D eigenvalue weighted by Crippen LogP contribution is -2.41. The van der Waals surface area contributed by atoms with Gasteiger partial charge in [0.25, 0.3) is 5.91 Å². The molecule has 2 heterocycles. The third kappa shape index (κ3) is 8.66. The maximum atomic E-state index is 13.4. The maximum absolute atomic E-state index is 13.4. The largest absolute Gasteiger partial charge is 0.481 e. The fourth-order valence-corrected chi connectivity index (χ4v) is 4.09.